The van der Waals surface area contributed by atoms with E-state index in [2.05, 4.69) is 0 Å². The van der Waals surface area contributed by atoms with Crippen molar-refractivity contribution in [1.29, 1.82) is 0 Å². The Hall–Kier alpha value is -1.74. The summed E-state index contributed by atoms with van der Waals surface area (Å²) in [7, 11) is 0. The molecule has 2 aromatic carbocycles. The van der Waals surface area contributed by atoms with Crippen LogP contribution in [-0.2, 0) is 0 Å². The summed E-state index contributed by atoms with van der Waals surface area (Å²) in [6.07, 6.45) is 3.89. The Morgan fingerprint density at radius 1 is 1.05 bits per heavy atom. The molecule has 1 saturated heterocycles. The topological polar surface area (TPSA) is 46.3 Å². The minimum absolute atomic E-state index is 0. The first-order valence-corrected chi connectivity index (χ1v) is 7.80. The third kappa shape index (κ3) is 2.44. The summed E-state index contributed by atoms with van der Waals surface area (Å²) in [5, 5.41) is 2.17. The number of rotatable bonds is 1. The Bertz CT molecular complexity index is 703. The number of carbonyl (C=O) groups excluding carboxylic acids is 1. The second kappa shape index (κ2) is 5.81. The molecule has 4 heteroatoms. The van der Waals surface area contributed by atoms with E-state index in [-0.39, 0.29) is 18.3 Å². The number of nitrogen functional groups attached to an aromatic ring is 1. The molecule has 2 aliphatic rings. The Morgan fingerprint density at radius 3 is 2.27 bits per heavy atom. The lowest BCUT2D eigenvalue weighted by atomic mass is 10.0. The predicted molar refractivity (Wildman–Crippen MR) is 92.3 cm³/mol. The SMILES string of the molecule is Cl.Nc1cc2ccccc2cc1C(=O)N1CC2CCCC2C1. The molecule has 2 fully saturated rings. The van der Waals surface area contributed by atoms with E-state index in [4.69, 9.17) is 5.73 Å². The highest BCUT2D eigenvalue weighted by atomic mass is 35.5. The van der Waals surface area contributed by atoms with Crippen LogP contribution in [-0.4, -0.2) is 23.9 Å². The minimum Gasteiger partial charge on any atom is -0.398 e. The highest BCUT2D eigenvalue weighted by Crippen LogP contribution is 2.38. The van der Waals surface area contributed by atoms with Crippen molar-refractivity contribution in [3.05, 3.63) is 42.0 Å². The Balaban J connectivity index is 0.00000144. The van der Waals surface area contributed by atoms with Gasteiger partial charge in [0, 0.05) is 18.8 Å². The van der Waals surface area contributed by atoms with Crippen LogP contribution >= 0.6 is 12.4 Å². The molecule has 0 radical (unpaired) electrons. The maximum absolute atomic E-state index is 12.8. The largest absolute Gasteiger partial charge is 0.398 e. The summed E-state index contributed by atoms with van der Waals surface area (Å²) in [5.41, 5.74) is 7.38. The van der Waals surface area contributed by atoms with Crippen LogP contribution in [0.25, 0.3) is 10.8 Å². The van der Waals surface area contributed by atoms with Crippen molar-refractivity contribution >= 4 is 34.8 Å². The Morgan fingerprint density at radius 2 is 1.64 bits per heavy atom. The lowest BCUT2D eigenvalue weighted by molar-refractivity contribution is 0.0782. The maximum Gasteiger partial charge on any atom is 0.255 e. The van der Waals surface area contributed by atoms with E-state index in [1.165, 1.54) is 19.3 Å². The van der Waals surface area contributed by atoms with Crippen LogP contribution in [0.1, 0.15) is 29.6 Å². The number of amides is 1. The van der Waals surface area contributed by atoms with Crippen LogP contribution in [0.15, 0.2) is 36.4 Å². The van der Waals surface area contributed by atoms with Gasteiger partial charge in [-0.1, -0.05) is 30.7 Å². The quantitative estimate of drug-likeness (QED) is 0.815. The van der Waals surface area contributed by atoms with Gasteiger partial charge in [0.1, 0.15) is 0 Å². The van der Waals surface area contributed by atoms with Gasteiger partial charge in [-0.2, -0.15) is 0 Å². The monoisotopic (exact) mass is 316 g/mol. The molecule has 1 amide bonds. The van der Waals surface area contributed by atoms with Crippen molar-refractivity contribution < 1.29 is 4.79 Å². The third-order valence-corrected chi connectivity index (χ3v) is 5.16. The molecule has 3 nitrogen and oxygen atoms in total. The van der Waals surface area contributed by atoms with Crippen LogP contribution in [0.5, 0.6) is 0 Å². The molecule has 1 heterocycles. The molecule has 2 unspecified atom stereocenters. The number of benzene rings is 2. The van der Waals surface area contributed by atoms with E-state index in [1.54, 1.807) is 0 Å². The van der Waals surface area contributed by atoms with Crippen molar-refractivity contribution in [2.24, 2.45) is 11.8 Å². The molecule has 0 bridgehead atoms. The number of hydrogen-bond acceptors (Lipinski definition) is 2. The highest BCUT2D eigenvalue weighted by molar-refractivity contribution is 6.04. The summed E-state index contributed by atoms with van der Waals surface area (Å²) in [6.45, 7) is 1.82. The lowest BCUT2D eigenvalue weighted by Gasteiger charge is -2.19. The van der Waals surface area contributed by atoms with Crippen LogP contribution < -0.4 is 5.73 Å². The molecular formula is C18H21ClN2O. The van der Waals surface area contributed by atoms with E-state index in [1.807, 2.05) is 41.3 Å². The third-order valence-electron chi connectivity index (χ3n) is 5.16. The predicted octanol–water partition coefficient (Wildman–Crippen LogP) is 3.72. The number of anilines is 1. The smallest absolute Gasteiger partial charge is 0.255 e. The van der Waals surface area contributed by atoms with Gasteiger partial charge in [0.25, 0.3) is 5.91 Å². The molecule has 2 N–H and O–H groups in total. The van der Waals surface area contributed by atoms with Gasteiger partial charge in [-0.15, -0.1) is 12.4 Å². The summed E-state index contributed by atoms with van der Waals surface area (Å²) in [4.78, 5) is 14.8. The van der Waals surface area contributed by atoms with Gasteiger partial charge < -0.3 is 10.6 Å². The highest BCUT2D eigenvalue weighted by Gasteiger charge is 2.38. The first kappa shape index (κ1) is 15.2. The average molecular weight is 317 g/mol. The standard InChI is InChI=1S/C18H20N2O.ClH/c19-17-9-13-5-2-1-4-12(13)8-16(17)18(21)20-10-14-6-3-7-15(14)11-20;/h1-2,4-5,8-9,14-15H,3,6-7,10-11,19H2;1H. The van der Waals surface area contributed by atoms with Crippen molar-refractivity contribution in [1.82, 2.24) is 4.90 Å². The first-order valence-electron chi connectivity index (χ1n) is 7.80. The van der Waals surface area contributed by atoms with E-state index < -0.39 is 0 Å². The van der Waals surface area contributed by atoms with Crippen molar-refractivity contribution in [3.8, 4) is 0 Å². The summed E-state index contributed by atoms with van der Waals surface area (Å²) in [5.74, 6) is 1.54. The molecule has 1 aliphatic heterocycles. The summed E-state index contributed by atoms with van der Waals surface area (Å²) >= 11 is 0. The number of fused-ring (bicyclic) bond motifs is 2. The van der Waals surface area contributed by atoms with E-state index in [9.17, 15) is 4.79 Å². The van der Waals surface area contributed by atoms with E-state index in [0.29, 0.717) is 11.3 Å². The average Bonchev–Trinajstić information content (AvgIpc) is 3.07. The molecule has 22 heavy (non-hydrogen) atoms. The molecule has 1 saturated carbocycles. The summed E-state index contributed by atoms with van der Waals surface area (Å²) in [6, 6.07) is 11.9. The number of hydrogen-bond donors (Lipinski definition) is 1. The van der Waals surface area contributed by atoms with Crippen LogP contribution in [0, 0.1) is 11.8 Å². The van der Waals surface area contributed by atoms with Gasteiger partial charge in [0.2, 0.25) is 0 Å². The molecule has 2 aromatic rings. The number of nitrogens with two attached hydrogens (primary N) is 1. The molecule has 116 valence electrons. The normalized spacial score (nSPS) is 23.4. The Kier molecular flexibility index (Phi) is 4.00. The van der Waals surface area contributed by atoms with Crippen LogP contribution in [0.4, 0.5) is 5.69 Å². The fourth-order valence-corrected chi connectivity index (χ4v) is 4.01. The van der Waals surface area contributed by atoms with Gasteiger partial charge in [-0.05, 0) is 47.6 Å². The number of halogens is 1. The molecule has 4 rings (SSSR count). The van der Waals surface area contributed by atoms with Crippen molar-refractivity contribution in [2.45, 2.75) is 19.3 Å². The lowest BCUT2D eigenvalue weighted by Crippen LogP contribution is -2.30. The van der Waals surface area contributed by atoms with Gasteiger partial charge in [0.05, 0.1) is 5.56 Å². The van der Waals surface area contributed by atoms with Gasteiger partial charge >= 0.3 is 0 Å². The molecule has 1 aliphatic carbocycles. The fraction of sp³-hybridized carbons (Fsp3) is 0.389. The summed E-state index contributed by atoms with van der Waals surface area (Å²) < 4.78 is 0. The van der Waals surface area contributed by atoms with Gasteiger partial charge in [-0.3, -0.25) is 4.79 Å². The van der Waals surface area contributed by atoms with Crippen LogP contribution in [0.3, 0.4) is 0 Å². The van der Waals surface area contributed by atoms with E-state index in [0.717, 1.165) is 35.7 Å². The zero-order valence-corrected chi connectivity index (χ0v) is 13.3. The molecule has 2 atom stereocenters. The number of nitrogens with zero attached hydrogens (tertiary/aromatic N) is 1. The van der Waals surface area contributed by atoms with E-state index >= 15 is 0 Å². The van der Waals surface area contributed by atoms with Gasteiger partial charge in [0.15, 0.2) is 0 Å². The van der Waals surface area contributed by atoms with Crippen LogP contribution in [0.2, 0.25) is 0 Å². The van der Waals surface area contributed by atoms with Gasteiger partial charge in [-0.25, -0.2) is 0 Å². The molecular weight excluding hydrogens is 296 g/mol. The first-order chi connectivity index (χ1) is 10.2. The Labute approximate surface area is 136 Å². The minimum atomic E-state index is 0. The second-order valence-corrected chi connectivity index (χ2v) is 6.45. The molecule has 0 aromatic heterocycles. The number of carbonyl (C=O) groups is 1. The zero-order chi connectivity index (χ0) is 14.4. The maximum atomic E-state index is 12.8. The molecule has 0 spiro atoms. The second-order valence-electron chi connectivity index (χ2n) is 6.45. The zero-order valence-electron chi connectivity index (χ0n) is 12.5. The fourth-order valence-electron chi connectivity index (χ4n) is 4.01. The number of likely N-dealkylation sites (tertiary alicyclic amines) is 1. The van der Waals surface area contributed by atoms with Crippen molar-refractivity contribution in [2.75, 3.05) is 18.8 Å². The van der Waals surface area contributed by atoms with Crippen molar-refractivity contribution in [3.63, 3.8) is 0 Å².